The van der Waals surface area contributed by atoms with Gasteiger partial charge in [0.15, 0.2) is 0 Å². The fourth-order valence-corrected chi connectivity index (χ4v) is 2.88. The molecule has 0 aliphatic carbocycles. The van der Waals surface area contributed by atoms with Gasteiger partial charge in [0, 0.05) is 22.3 Å². The monoisotopic (exact) mass is 289 g/mol. The van der Waals surface area contributed by atoms with Gasteiger partial charge in [0.25, 0.3) is 5.69 Å². The Balaban J connectivity index is 1.97. The molecule has 0 spiro atoms. The number of rotatable bonds is 6. The van der Waals surface area contributed by atoms with Crippen molar-refractivity contribution in [3.8, 4) is 0 Å². The van der Waals surface area contributed by atoms with E-state index in [1.807, 2.05) is 30.3 Å². The van der Waals surface area contributed by atoms with Gasteiger partial charge < -0.3 is 5.11 Å². The Morgan fingerprint density at radius 2 is 1.95 bits per heavy atom. The average molecular weight is 289 g/mol. The maximum absolute atomic E-state index is 10.9. The molecule has 4 nitrogen and oxygen atoms in total. The normalized spacial score (nSPS) is 10.4. The maximum Gasteiger partial charge on any atom is 0.272 e. The molecule has 2 aromatic carbocycles. The number of nitro groups is 1. The molecule has 0 bridgehead atoms. The van der Waals surface area contributed by atoms with E-state index in [-0.39, 0.29) is 17.2 Å². The summed E-state index contributed by atoms with van der Waals surface area (Å²) < 4.78 is 0. The topological polar surface area (TPSA) is 63.4 Å². The summed E-state index contributed by atoms with van der Waals surface area (Å²) in [5, 5.41) is 20.0. The summed E-state index contributed by atoms with van der Waals surface area (Å²) in [4.78, 5) is 11.6. The predicted octanol–water partition coefficient (Wildman–Crippen LogP) is 3.42. The highest BCUT2D eigenvalue weighted by atomic mass is 32.2. The molecule has 2 rings (SSSR count). The second-order valence-corrected chi connectivity index (χ2v) is 5.46. The van der Waals surface area contributed by atoms with Crippen LogP contribution in [0.3, 0.4) is 0 Å². The van der Waals surface area contributed by atoms with Crippen LogP contribution in [0.2, 0.25) is 0 Å². The molecule has 0 aliphatic rings. The van der Waals surface area contributed by atoms with Crippen LogP contribution in [0.25, 0.3) is 0 Å². The minimum absolute atomic E-state index is 0.0263. The number of nitrogens with zero attached hydrogens (tertiary/aromatic N) is 1. The Morgan fingerprint density at radius 3 is 2.70 bits per heavy atom. The van der Waals surface area contributed by atoms with Crippen LogP contribution in [0.15, 0.2) is 53.4 Å². The number of hydrogen-bond donors (Lipinski definition) is 1. The van der Waals surface area contributed by atoms with Crippen LogP contribution in [0.5, 0.6) is 0 Å². The Morgan fingerprint density at radius 1 is 1.15 bits per heavy atom. The standard InChI is InChI=1S/C15H15NO3S/c17-11-12-4-3-6-14(10-12)20-9-8-13-5-1-2-7-15(13)16(18)19/h1-7,10,17H,8-9,11H2. The van der Waals surface area contributed by atoms with E-state index >= 15 is 0 Å². The summed E-state index contributed by atoms with van der Waals surface area (Å²) in [6.45, 7) is 0.0263. The zero-order valence-corrected chi connectivity index (χ0v) is 11.7. The smallest absolute Gasteiger partial charge is 0.272 e. The van der Waals surface area contributed by atoms with Gasteiger partial charge in [-0.05, 0) is 24.1 Å². The van der Waals surface area contributed by atoms with E-state index in [4.69, 9.17) is 5.11 Å². The molecule has 0 saturated carbocycles. The largest absolute Gasteiger partial charge is 0.392 e. The highest BCUT2D eigenvalue weighted by Crippen LogP contribution is 2.23. The van der Waals surface area contributed by atoms with Gasteiger partial charge in [-0.25, -0.2) is 0 Å². The number of nitro benzene ring substituents is 1. The Hall–Kier alpha value is -1.85. The van der Waals surface area contributed by atoms with Crippen LogP contribution in [0, 0.1) is 10.1 Å². The van der Waals surface area contributed by atoms with Gasteiger partial charge in [0.1, 0.15) is 0 Å². The maximum atomic E-state index is 10.9. The zero-order chi connectivity index (χ0) is 14.4. The van der Waals surface area contributed by atoms with E-state index in [1.165, 1.54) is 6.07 Å². The highest BCUT2D eigenvalue weighted by molar-refractivity contribution is 7.99. The Kier molecular flexibility index (Phi) is 5.15. The molecule has 0 heterocycles. The SMILES string of the molecule is O=[N+]([O-])c1ccccc1CCSc1cccc(CO)c1. The van der Waals surface area contributed by atoms with Crippen molar-refractivity contribution >= 4 is 17.4 Å². The van der Waals surface area contributed by atoms with Crippen molar-refractivity contribution in [2.24, 2.45) is 0 Å². The number of aliphatic hydroxyl groups is 1. The van der Waals surface area contributed by atoms with Crippen LogP contribution in [-0.2, 0) is 13.0 Å². The molecule has 2 aromatic rings. The van der Waals surface area contributed by atoms with Crippen LogP contribution in [-0.4, -0.2) is 15.8 Å². The van der Waals surface area contributed by atoms with Crippen LogP contribution in [0.1, 0.15) is 11.1 Å². The predicted molar refractivity (Wildman–Crippen MR) is 79.9 cm³/mol. The van der Waals surface area contributed by atoms with E-state index in [0.717, 1.165) is 21.8 Å². The third kappa shape index (κ3) is 3.82. The molecule has 5 heteroatoms. The zero-order valence-electron chi connectivity index (χ0n) is 10.9. The number of para-hydroxylation sites is 1. The summed E-state index contributed by atoms with van der Waals surface area (Å²) in [7, 11) is 0. The fourth-order valence-electron chi connectivity index (χ4n) is 1.91. The lowest BCUT2D eigenvalue weighted by molar-refractivity contribution is -0.385. The van der Waals surface area contributed by atoms with Gasteiger partial charge in [-0.3, -0.25) is 10.1 Å². The molecule has 0 unspecified atom stereocenters. The summed E-state index contributed by atoms with van der Waals surface area (Å²) in [6.07, 6.45) is 0.644. The molecule has 0 saturated heterocycles. The fraction of sp³-hybridized carbons (Fsp3) is 0.200. The second-order valence-electron chi connectivity index (χ2n) is 4.29. The average Bonchev–Trinajstić information content (AvgIpc) is 2.48. The third-order valence-corrected chi connectivity index (χ3v) is 3.90. The van der Waals surface area contributed by atoms with Gasteiger partial charge in [0.2, 0.25) is 0 Å². The molecular formula is C15H15NO3S. The summed E-state index contributed by atoms with van der Waals surface area (Å²) in [6, 6.07) is 14.5. The lowest BCUT2D eigenvalue weighted by Crippen LogP contribution is -1.96. The summed E-state index contributed by atoms with van der Waals surface area (Å²) in [5.41, 5.74) is 1.81. The molecule has 0 radical (unpaired) electrons. The number of thioether (sulfide) groups is 1. The Bertz CT molecular complexity index is 601. The van der Waals surface area contributed by atoms with Crippen molar-refractivity contribution in [1.29, 1.82) is 0 Å². The summed E-state index contributed by atoms with van der Waals surface area (Å²) in [5.74, 6) is 0.764. The second kappa shape index (κ2) is 7.07. The molecular weight excluding hydrogens is 274 g/mol. The van der Waals surface area contributed by atoms with Crippen LogP contribution < -0.4 is 0 Å². The van der Waals surface area contributed by atoms with Crippen molar-refractivity contribution < 1.29 is 10.0 Å². The van der Waals surface area contributed by atoms with Gasteiger partial charge in [-0.1, -0.05) is 30.3 Å². The third-order valence-electron chi connectivity index (χ3n) is 2.91. The first-order valence-corrected chi connectivity index (χ1v) is 7.24. The van der Waals surface area contributed by atoms with Crippen molar-refractivity contribution in [2.75, 3.05) is 5.75 Å². The van der Waals surface area contributed by atoms with Crippen molar-refractivity contribution in [2.45, 2.75) is 17.9 Å². The van der Waals surface area contributed by atoms with Crippen molar-refractivity contribution in [3.63, 3.8) is 0 Å². The minimum Gasteiger partial charge on any atom is -0.392 e. The van der Waals surface area contributed by atoms with Crippen LogP contribution >= 0.6 is 11.8 Å². The number of aryl methyl sites for hydroxylation is 1. The molecule has 0 fully saturated rings. The van der Waals surface area contributed by atoms with Gasteiger partial charge >= 0.3 is 0 Å². The number of hydrogen-bond acceptors (Lipinski definition) is 4. The molecule has 1 N–H and O–H groups in total. The molecule has 0 atom stereocenters. The molecule has 104 valence electrons. The first-order chi connectivity index (χ1) is 9.70. The molecule has 0 amide bonds. The Labute approximate surface area is 121 Å². The van der Waals surface area contributed by atoms with E-state index in [2.05, 4.69) is 0 Å². The van der Waals surface area contributed by atoms with Gasteiger partial charge in [-0.2, -0.15) is 0 Å². The van der Waals surface area contributed by atoms with E-state index in [0.29, 0.717) is 6.42 Å². The quantitative estimate of drug-likeness (QED) is 0.503. The van der Waals surface area contributed by atoms with E-state index < -0.39 is 0 Å². The van der Waals surface area contributed by atoms with Crippen LogP contribution in [0.4, 0.5) is 5.69 Å². The van der Waals surface area contributed by atoms with Gasteiger partial charge in [0.05, 0.1) is 11.5 Å². The molecule has 20 heavy (non-hydrogen) atoms. The number of benzene rings is 2. The summed E-state index contributed by atoms with van der Waals surface area (Å²) >= 11 is 1.63. The van der Waals surface area contributed by atoms with E-state index in [9.17, 15) is 10.1 Å². The minimum atomic E-state index is -0.341. The molecule has 0 aliphatic heterocycles. The molecule has 0 aromatic heterocycles. The van der Waals surface area contributed by atoms with Gasteiger partial charge in [-0.15, -0.1) is 11.8 Å². The first kappa shape index (κ1) is 14.6. The first-order valence-electron chi connectivity index (χ1n) is 6.25. The van der Waals surface area contributed by atoms with Crippen molar-refractivity contribution in [3.05, 3.63) is 69.8 Å². The van der Waals surface area contributed by atoms with E-state index in [1.54, 1.807) is 23.9 Å². The lowest BCUT2D eigenvalue weighted by atomic mass is 10.1. The number of aliphatic hydroxyl groups excluding tert-OH is 1. The highest BCUT2D eigenvalue weighted by Gasteiger charge is 2.11. The lowest BCUT2D eigenvalue weighted by Gasteiger charge is -2.04. The van der Waals surface area contributed by atoms with Crippen molar-refractivity contribution in [1.82, 2.24) is 0 Å².